The number of aliphatic hydroxyl groups is 1. The maximum absolute atomic E-state index is 14.2. The Morgan fingerprint density at radius 3 is 2.38 bits per heavy atom. The molecule has 1 N–H and O–H groups in total. The molecule has 2 aromatic carbocycles. The summed E-state index contributed by atoms with van der Waals surface area (Å²) in [6.45, 7) is 3.11. The second kappa shape index (κ2) is 13.1. The highest BCUT2D eigenvalue weighted by molar-refractivity contribution is 9.10. The number of hydrogen-bond donors (Lipinski definition) is 1. The van der Waals surface area contributed by atoms with Gasteiger partial charge in [-0.15, -0.1) is 0 Å². The van der Waals surface area contributed by atoms with Crippen molar-refractivity contribution >= 4 is 33.9 Å². The van der Waals surface area contributed by atoms with Gasteiger partial charge in [0.05, 0.1) is 16.4 Å². The lowest BCUT2D eigenvalue weighted by Crippen LogP contribution is -2.44. The lowest BCUT2D eigenvalue weighted by atomic mass is 9.90. The van der Waals surface area contributed by atoms with Crippen LogP contribution in [0, 0.1) is 5.92 Å². The first-order valence-corrected chi connectivity index (χ1v) is 13.8. The summed E-state index contributed by atoms with van der Waals surface area (Å²) in [5.41, 5.74) is 1.62. The van der Waals surface area contributed by atoms with Gasteiger partial charge in [-0.3, -0.25) is 9.59 Å². The average molecular weight is 598 g/mol. The molecule has 3 aromatic rings. The van der Waals surface area contributed by atoms with E-state index in [9.17, 15) is 14.4 Å². The van der Waals surface area contributed by atoms with Crippen molar-refractivity contribution in [3.05, 3.63) is 93.9 Å². The van der Waals surface area contributed by atoms with Crippen LogP contribution in [0.1, 0.15) is 61.5 Å². The Kier molecular flexibility index (Phi) is 9.59. The van der Waals surface area contributed by atoms with Crippen molar-refractivity contribution in [2.75, 3.05) is 6.61 Å². The van der Waals surface area contributed by atoms with E-state index in [0.29, 0.717) is 35.3 Å². The summed E-state index contributed by atoms with van der Waals surface area (Å²) in [4.78, 5) is 40.7. The fourth-order valence-corrected chi connectivity index (χ4v) is 5.37. The first-order valence-electron chi connectivity index (χ1n) is 13.0. The first kappa shape index (κ1) is 28.6. The van der Waals surface area contributed by atoms with E-state index in [0.717, 1.165) is 16.0 Å². The molecule has 0 unspecified atom stereocenters. The third-order valence-corrected chi connectivity index (χ3v) is 7.45. The van der Waals surface area contributed by atoms with E-state index in [2.05, 4.69) is 15.9 Å². The molecule has 2 amide bonds. The van der Waals surface area contributed by atoms with Gasteiger partial charge < -0.3 is 19.0 Å². The van der Waals surface area contributed by atoms with Crippen LogP contribution in [0.4, 0.5) is 4.79 Å². The van der Waals surface area contributed by atoms with Crippen molar-refractivity contribution in [3.63, 3.8) is 0 Å². The summed E-state index contributed by atoms with van der Waals surface area (Å²) in [5, 5.41) is 9.14. The number of imide groups is 1. The highest BCUT2D eigenvalue weighted by Gasteiger charge is 2.48. The van der Waals surface area contributed by atoms with Gasteiger partial charge in [-0.1, -0.05) is 60.7 Å². The molecule has 2 heterocycles. The number of furan rings is 1. The van der Waals surface area contributed by atoms with Crippen LogP contribution < -0.4 is 0 Å². The maximum Gasteiger partial charge on any atom is 0.417 e. The number of halogens is 1. The van der Waals surface area contributed by atoms with E-state index in [1.165, 1.54) is 6.92 Å². The lowest BCUT2D eigenvalue weighted by molar-refractivity contribution is -0.155. The largest absolute Gasteiger partial charge is 0.461 e. The Morgan fingerprint density at radius 1 is 1.08 bits per heavy atom. The zero-order valence-electron chi connectivity index (χ0n) is 21.9. The van der Waals surface area contributed by atoms with Crippen LogP contribution in [0.3, 0.4) is 0 Å². The van der Waals surface area contributed by atoms with Gasteiger partial charge in [0.1, 0.15) is 17.6 Å². The zero-order chi connectivity index (χ0) is 27.9. The fraction of sp³-hybridized carbons (Fsp3) is 0.367. The van der Waals surface area contributed by atoms with Crippen molar-refractivity contribution in [2.24, 2.45) is 5.92 Å². The molecule has 4 atom stereocenters. The van der Waals surface area contributed by atoms with Crippen LogP contribution >= 0.6 is 15.9 Å². The number of aliphatic hydroxyl groups excluding tert-OH is 1. The monoisotopic (exact) mass is 597 g/mol. The summed E-state index contributed by atoms with van der Waals surface area (Å²) in [6, 6.07) is 19.7. The van der Waals surface area contributed by atoms with Gasteiger partial charge in [-0.25, -0.2) is 9.69 Å². The van der Waals surface area contributed by atoms with Crippen LogP contribution in [0.2, 0.25) is 0 Å². The molecule has 0 saturated carbocycles. The van der Waals surface area contributed by atoms with Gasteiger partial charge in [0.2, 0.25) is 5.91 Å². The van der Waals surface area contributed by atoms with Gasteiger partial charge in [-0.2, -0.15) is 0 Å². The summed E-state index contributed by atoms with van der Waals surface area (Å²) in [5.74, 6) is -1.15. The third-order valence-electron chi connectivity index (χ3n) is 6.78. The Morgan fingerprint density at radius 2 is 1.74 bits per heavy atom. The van der Waals surface area contributed by atoms with Gasteiger partial charge >= 0.3 is 12.1 Å². The maximum atomic E-state index is 14.2. The number of carbonyl (C=O) groups excluding carboxylic acids is 3. The minimum Gasteiger partial charge on any atom is -0.461 e. The number of rotatable bonds is 11. The summed E-state index contributed by atoms with van der Waals surface area (Å²) >= 11 is 3.51. The number of nitrogens with zero attached hydrogens (tertiary/aromatic N) is 1. The topological polar surface area (TPSA) is 106 Å². The highest BCUT2D eigenvalue weighted by atomic mass is 79.9. The minimum absolute atomic E-state index is 0.0724. The Hall–Kier alpha value is -3.43. The second-order valence-electron chi connectivity index (χ2n) is 9.59. The third kappa shape index (κ3) is 6.78. The number of hydrogen-bond acceptors (Lipinski definition) is 7. The fourth-order valence-electron chi connectivity index (χ4n) is 4.87. The van der Waals surface area contributed by atoms with Crippen LogP contribution in [0.5, 0.6) is 0 Å². The number of carbonyl (C=O) groups is 3. The molecule has 0 spiro atoms. The molecule has 1 aliphatic heterocycles. The van der Waals surface area contributed by atoms with Gasteiger partial charge in [0, 0.05) is 20.0 Å². The normalized spacial score (nSPS) is 18.5. The zero-order valence-corrected chi connectivity index (χ0v) is 23.5. The van der Waals surface area contributed by atoms with E-state index in [1.54, 1.807) is 13.0 Å². The minimum atomic E-state index is -1.09. The molecule has 1 aromatic heterocycles. The Labute approximate surface area is 236 Å². The molecular weight excluding hydrogens is 566 g/mol. The number of amides is 2. The van der Waals surface area contributed by atoms with Gasteiger partial charge in [0.15, 0.2) is 6.10 Å². The Bertz CT molecular complexity index is 1280. The number of ether oxygens (including phenoxy) is 2. The van der Waals surface area contributed by atoms with Gasteiger partial charge in [-0.05, 0) is 59.3 Å². The van der Waals surface area contributed by atoms with E-state index in [1.807, 2.05) is 60.7 Å². The molecule has 39 heavy (non-hydrogen) atoms. The summed E-state index contributed by atoms with van der Waals surface area (Å²) in [7, 11) is 0. The lowest BCUT2D eigenvalue weighted by Gasteiger charge is -2.29. The van der Waals surface area contributed by atoms with Crippen LogP contribution in [-0.4, -0.2) is 40.6 Å². The van der Waals surface area contributed by atoms with Crippen LogP contribution in [0.25, 0.3) is 0 Å². The molecule has 9 heteroatoms. The molecular formula is C30H32BrNO7. The van der Waals surface area contributed by atoms with E-state index in [4.69, 9.17) is 19.0 Å². The number of cyclic esters (lactones) is 1. The van der Waals surface area contributed by atoms with E-state index >= 15 is 0 Å². The number of esters is 1. The van der Waals surface area contributed by atoms with Crippen molar-refractivity contribution in [1.29, 1.82) is 0 Å². The molecule has 1 saturated heterocycles. The quantitative estimate of drug-likeness (QED) is 0.216. The van der Waals surface area contributed by atoms with Crippen LogP contribution in [0.15, 0.2) is 75.6 Å². The van der Waals surface area contributed by atoms with Crippen molar-refractivity contribution in [2.45, 2.75) is 57.8 Å². The Balaban J connectivity index is 1.71. The SMILES string of the molecule is CC(=O)O[C@@H](c1cc(Br)c(CCCCO)o1)[C@H](Cc1ccccc1)C(=O)N1C(=O)O[C@@H](c2ccccc2)[C@H]1C. The standard InChI is InChI=1S/C30H32BrNO7/c1-19-27(22-13-7-4-8-14-22)39-30(36)32(19)29(35)23(17-21-11-5-3-6-12-21)28(37-20(2)34)26-18-24(31)25(38-26)15-9-10-16-33/h3-8,11-14,18-19,23,27-28,33H,9-10,15-17H2,1-2H3/t19-,23+,27-,28-/m1/s1. The molecule has 1 fully saturated rings. The molecule has 206 valence electrons. The predicted octanol–water partition coefficient (Wildman–Crippen LogP) is 5.93. The smallest absolute Gasteiger partial charge is 0.417 e. The number of unbranched alkanes of at least 4 members (excludes halogenated alkanes) is 1. The number of aryl methyl sites for hydroxylation is 1. The van der Waals surface area contributed by atoms with Crippen molar-refractivity contribution in [3.8, 4) is 0 Å². The molecule has 0 bridgehead atoms. The van der Waals surface area contributed by atoms with Crippen molar-refractivity contribution < 1.29 is 33.4 Å². The molecule has 0 radical (unpaired) electrons. The van der Waals surface area contributed by atoms with Crippen molar-refractivity contribution in [1.82, 2.24) is 4.90 Å². The summed E-state index contributed by atoms with van der Waals surface area (Å²) in [6.07, 6.45) is -0.391. The first-order chi connectivity index (χ1) is 18.8. The average Bonchev–Trinajstić information content (AvgIpc) is 3.44. The second-order valence-corrected chi connectivity index (χ2v) is 10.4. The molecule has 4 rings (SSSR count). The molecule has 8 nitrogen and oxygen atoms in total. The predicted molar refractivity (Wildman–Crippen MR) is 147 cm³/mol. The van der Waals surface area contributed by atoms with E-state index < -0.39 is 42.1 Å². The molecule has 0 aliphatic carbocycles. The molecule has 1 aliphatic rings. The highest BCUT2D eigenvalue weighted by Crippen LogP contribution is 2.39. The number of benzene rings is 2. The van der Waals surface area contributed by atoms with E-state index in [-0.39, 0.29) is 13.0 Å². The van der Waals surface area contributed by atoms with Gasteiger partial charge in [0.25, 0.3) is 0 Å². The summed E-state index contributed by atoms with van der Waals surface area (Å²) < 4.78 is 18.2. The van der Waals surface area contributed by atoms with Crippen LogP contribution in [-0.2, 0) is 31.9 Å².